The van der Waals surface area contributed by atoms with E-state index in [1.54, 1.807) is 32.0 Å². The molecule has 0 aliphatic carbocycles. The smallest absolute Gasteiger partial charge is 0.244 e. The van der Waals surface area contributed by atoms with Gasteiger partial charge in [-0.25, -0.2) is 0 Å². The fourth-order valence-electron chi connectivity index (χ4n) is 2.36. The second-order valence-electron chi connectivity index (χ2n) is 5.30. The number of nitrogens with one attached hydrogen (secondary N) is 1. The van der Waals surface area contributed by atoms with Gasteiger partial charge in [0.1, 0.15) is 18.0 Å². The Kier molecular flexibility index (Phi) is 5.71. The molecule has 3 amide bonds. The van der Waals surface area contributed by atoms with Crippen molar-refractivity contribution in [2.45, 2.75) is 24.3 Å². The third kappa shape index (κ3) is 3.81. The summed E-state index contributed by atoms with van der Waals surface area (Å²) in [5.41, 5.74) is 0.440. The number of benzene rings is 1. The predicted molar refractivity (Wildman–Crippen MR) is 91.4 cm³/mol. The molecule has 24 heavy (non-hydrogen) atoms. The molecule has 0 unspecified atom stereocenters. The van der Waals surface area contributed by atoms with Crippen molar-refractivity contribution in [3.05, 3.63) is 18.2 Å². The van der Waals surface area contributed by atoms with Gasteiger partial charge in [0.15, 0.2) is 0 Å². The number of carbonyl (C=O) groups excluding carboxylic acids is 3. The van der Waals surface area contributed by atoms with E-state index < -0.39 is 5.91 Å². The van der Waals surface area contributed by atoms with Gasteiger partial charge in [0.2, 0.25) is 17.7 Å². The molecule has 1 heterocycles. The van der Waals surface area contributed by atoms with Crippen molar-refractivity contribution in [1.29, 1.82) is 0 Å². The average molecular weight is 352 g/mol. The van der Waals surface area contributed by atoms with Gasteiger partial charge in [0.25, 0.3) is 0 Å². The Bertz CT molecular complexity index is 644. The van der Waals surface area contributed by atoms with Crippen molar-refractivity contribution in [3.63, 3.8) is 0 Å². The SMILES string of the molecule is COc1ccc(NC(=O)CN2C(=O)[C@H](C)S[C@H](C)C2=O)c(OC)c1. The van der Waals surface area contributed by atoms with Crippen molar-refractivity contribution in [2.24, 2.45) is 0 Å². The Morgan fingerprint density at radius 2 is 1.79 bits per heavy atom. The van der Waals surface area contributed by atoms with Crippen LogP contribution in [-0.4, -0.2) is 53.9 Å². The maximum absolute atomic E-state index is 12.3. The highest BCUT2D eigenvalue weighted by atomic mass is 32.2. The summed E-state index contributed by atoms with van der Waals surface area (Å²) < 4.78 is 10.3. The van der Waals surface area contributed by atoms with Crippen LogP contribution in [0.2, 0.25) is 0 Å². The molecule has 0 aromatic heterocycles. The summed E-state index contributed by atoms with van der Waals surface area (Å²) in [5, 5.41) is 1.97. The number of hydrogen-bond donors (Lipinski definition) is 1. The number of thioether (sulfide) groups is 1. The molecule has 2 atom stereocenters. The van der Waals surface area contributed by atoms with Crippen LogP contribution in [0.15, 0.2) is 18.2 Å². The molecule has 1 N–H and O–H groups in total. The van der Waals surface area contributed by atoms with Gasteiger partial charge >= 0.3 is 0 Å². The van der Waals surface area contributed by atoms with Crippen LogP contribution < -0.4 is 14.8 Å². The van der Waals surface area contributed by atoms with Crippen molar-refractivity contribution in [2.75, 3.05) is 26.1 Å². The molecule has 2 rings (SSSR count). The monoisotopic (exact) mass is 352 g/mol. The Balaban J connectivity index is 2.10. The highest BCUT2D eigenvalue weighted by molar-refractivity contribution is 8.02. The molecule has 0 bridgehead atoms. The average Bonchev–Trinajstić information content (AvgIpc) is 2.57. The third-order valence-corrected chi connectivity index (χ3v) is 4.84. The van der Waals surface area contributed by atoms with Crippen molar-refractivity contribution >= 4 is 35.2 Å². The van der Waals surface area contributed by atoms with Crippen LogP contribution in [0.1, 0.15) is 13.8 Å². The fourth-order valence-corrected chi connectivity index (χ4v) is 3.46. The zero-order chi connectivity index (χ0) is 17.9. The molecule has 1 aliphatic rings. The number of carbonyl (C=O) groups is 3. The van der Waals surface area contributed by atoms with Gasteiger partial charge in [0, 0.05) is 6.07 Å². The lowest BCUT2D eigenvalue weighted by Crippen LogP contribution is -2.52. The quantitative estimate of drug-likeness (QED) is 0.809. The number of rotatable bonds is 5. The minimum atomic E-state index is -0.466. The summed E-state index contributed by atoms with van der Waals surface area (Å²) in [7, 11) is 3.00. The van der Waals surface area contributed by atoms with Crippen LogP contribution in [0, 0.1) is 0 Å². The Morgan fingerprint density at radius 3 is 2.33 bits per heavy atom. The maximum atomic E-state index is 12.3. The van der Waals surface area contributed by atoms with Gasteiger partial charge < -0.3 is 14.8 Å². The van der Waals surface area contributed by atoms with E-state index in [-0.39, 0.29) is 28.9 Å². The van der Waals surface area contributed by atoms with Crippen LogP contribution in [0.5, 0.6) is 11.5 Å². The minimum absolute atomic E-state index is 0.317. The first kappa shape index (κ1) is 18.1. The molecule has 0 saturated carbocycles. The summed E-state index contributed by atoms with van der Waals surface area (Å²) in [6, 6.07) is 4.94. The number of imide groups is 1. The first-order valence-corrected chi connectivity index (χ1v) is 8.34. The topological polar surface area (TPSA) is 84.9 Å². The molecular weight excluding hydrogens is 332 g/mol. The van der Waals surface area contributed by atoms with Crippen LogP contribution in [-0.2, 0) is 14.4 Å². The summed E-state index contributed by atoms with van der Waals surface area (Å²) in [4.78, 5) is 37.5. The van der Waals surface area contributed by atoms with Gasteiger partial charge in [-0.1, -0.05) is 0 Å². The fraction of sp³-hybridized carbons (Fsp3) is 0.438. The zero-order valence-corrected chi connectivity index (χ0v) is 14.8. The molecule has 0 spiro atoms. The molecule has 0 radical (unpaired) electrons. The second kappa shape index (κ2) is 7.57. The van der Waals surface area contributed by atoms with Crippen LogP contribution >= 0.6 is 11.8 Å². The molecule has 1 aliphatic heterocycles. The van der Waals surface area contributed by atoms with Crippen LogP contribution in [0.3, 0.4) is 0 Å². The van der Waals surface area contributed by atoms with Gasteiger partial charge in [-0.2, -0.15) is 0 Å². The lowest BCUT2D eigenvalue weighted by molar-refractivity contribution is -0.147. The zero-order valence-electron chi connectivity index (χ0n) is 14.0. The van der Waals surface area contributed by atoms with E-state index in [2.05, 4.69) is 5.32 Å². The molecule has 7 nitrogen and oxygen atoms in total. The Hall–Kier alpha value is -2.22. The molecule has 1 saturated heterocycles. The first-order valence-electron chi connectivity index (χ1n) is 7.40. The number of nitrogens with zero attached hydrogens (tertiary/aromatic N) is 1. The predicted octanol–water partition coefficient (Wildman–Crippen LogP) is 1.52. The van der Waals surface area contributed by atoms with E-state index in [0.717, 1.165) is 4.90 Å². The van der Waals surface area contributed by atoms with Crippen LogP contribution in [0.25, 0.3) is 0 Å². The standard InChI is InChI=1S/C16H20N2O5S/c1-9-15(20)18(16(21)10(2)24-9)8-14(19)17-12-6-5-11(22-3)7-13(12)23-4/h5-7,9-10H,8H2,1-4H3,(H,17,19)/t9-,10+. The van der Waals surface area contributed by atoms with E-state index in [4.69, 9.17) is 9.47 Å². The van der Waals surface area contributed by atoms with Gasteiger partial charge in [-0.3, -0.25) is 19.3 Å². The molecule has 1 aromatic carbocycles. The number of hydrogen-bond acceptors (Lipinski definition) is 6. The molecule has 8 heteroatoms. The minimum Gasteiger partial charge on any atom is -0.497 e. The summed E-state index contributed by atoms with van der Waals surface area (Å²) >= 11 is 1.30. The molecular formula is C16H20N2O5S. The summed E-state index contributed by atoms with van der Waals surface area (Å²) in [5.74, 6) is -0.145. The number of methoxy groups -OCH3 is 2. The normalized spacial score (nSPS) is 20.8. The van der Waals surface area contributed by atoms with Crippen molar-refractivity contribution in [3.8, 4) is 11.5 Å². The number of amides is 3. The lowest BCUT2D eigenvalue weighted by atomic mass is 10.2. The van der Waals surface area contributed by atoms with Crippen LogP contribution in [0.4, 0.5) is 5.69 Å². The maximum Gasteiger partial charge on any atom is 0.244 e. The molecule has 1 aromatic rings. The van der Waals surface area contributed by atoms with E-state index >= 15 is 0 Å². The number of anilines is 1. The Morgan fingerprint density at radius 1 is 1.17 bits per heavy atom. The largest absolute Gasteiger partial charge is 0.497 e. The first-order chi connectivity index (χ1) is 11.4. The Labute approximate surface area is 144 Å². The van der Waals surface area contributed by atoms with Crippen molar-refractivity contribution < 1.29 is 23.9 Å². The highest BCUT2D eigenvalue weighted by Crippen LogP contribution is 2.30. The van der Waals surface area contributed by atoms with Gasteiger partial charge in [0.05, 0.1) is 30.4 Å². The lowest BCUT2D eigenvalue weighted by Gasteiger charge is -2.31. The summed E-state index contributed by atoms with van der Waals surface area (Å²) in [6.07, 6.45) is 0. The molecule has 1 fully saturated rings. The summed E-state index contributed by atoms with van der Waals surface area (Å²) in [6.45, 7) is 3.14. The van der Waals surface area contributed by atoms with E-state index in [9.17, 15) is 14.4 Å². The third-order valence-electron chi connectivity index (χ3n) is 3.62. The molecule has 130 valence electrons. The second-order valence-corrected chi connectivity index (χ2v) is 6.98. The van der Waals surface area contributed by atoms with E-state index in [1.165, 1.54) is 26.0 Å². The highest BCUT2D eigenvalue weighted by Gasteiger charge is 2.38. The van der Waals surface area contributed by atoms with Crippen molar-refractivity contribution in [1.82, 2.24) is 4.90 Å². The van der Waals surface area contributed by atoms with Gasteiger partial charge in [-0.05, 0) is 26.0 Å². The van der Waals surface area contributed by atoms with E-state index in [0.29, 0.717) is 17.2 Å². The van der Waals surface area contributed by atoms with Gasteiger partial charge in [-0.15, -0.1) is 11.8 Å². The van der Waals surface area contributed by atoms with E-state index in [1.807, 2.05) is 0 Å². The number of ether oxygens (including phenoxy) is 2.